The minimum Gasteiger partial charge on any atom is -0.496 e. The molecule has 0 aromatic rings. The first-order valence-corrected chi connectivity index (χ1v) is 4.87. The van der Waals surface area contributed by atoms with Gasteiger partial charge in [-0.2, -0.15) is 0 Å². The Morgan fingerprint density at radius 3 is 3.10 bits per heavy atom. The quantitative estimate of drug-likeness (QED) is 0.533. The van der Waals surface area contributed by atoms with Crippen LogP contribution in [0.4, 0.5) is 0 Å². The Morgan fingerprint density at radius 2 is 2.20 bits per heavy atom. The van der Waals surface area contributed by atoms with Crippen molar-refractivity contribution in [2.45, 2.75) is 37.0 Å². The molecule has 1 heterocycles. The lowest BCUT2D eigenvalue weighted by Crippen LogP contribution is -2.29. The van der Waals surface area contributed by atoms with Gasteiger partial charge in [0, 0.05) is 10.7 Å². The molecule has 2 rings (SSSR count). The number of rotatable bonds is 0. The minimum atomic E-state index is 0.531. The summed E-state index contributed by atoms with van der Waals surface area (Å²) in [7, 11) is 0. The van der Waals surface area contributed by atoms with Crippen LogP contribution in [0.5, 0.6) is 0 Å². The molecule has 56 valence electrons. The van der Waals surface area contributed by atoms with E-state index < -0.39 is 0 Å². The number of hydrogen-bond acceptors (Lipinski definition) is 2. The predicted molar refractivity (Wildman–Crippen MR) is 43.9 cm³/mol. The topological polar surface area (TPSA) is 9.23 Å². The average molecular weight is 156 g/mol. The van der Waals surface area contributed by atoms with Crippen molar-refractivity contribution in [3.05, 3.63) is 11.7 Å². The van der Waals surface area contributed by atoms with Gasteiger partial charge in [0.1, 0.15) is 6.10 Å². The zero-order chi connectivity index (χ0) is 6.81. The second-order valence-corrected chi connectivity index (χ2v) is 4.06. The number of hydrogen-bond donors (Lipinski definition) is 0. The summed E-state index contributed by atoms with van der Waals surface area (Å²) in [4.78, 5) is 0. The normalized spacial score (nSPS) is 38.4. The highest BCUT2D eigenvalue weighted by Crippen LogP contribution is 2.34. The van der Waals surface area contributed by atoms with Gasteiger partial charge < -0.3 is 4.74 Å². The monoisotopic (exact) mass is 156 g/mol. The fourth-order valence-electron chi connectivity index (χ4n) is 1.64. The average Bonchev–Trinajstić information content (AvgIpc) is 2.05. The van der Waals surface area contributed by atoms with Crippen LogP contribution in [-0.4, -0.2) is 11.4 Å². The molecule has 0 aromatic heterocycles. The molecule has 1 saturated carbocycles. The van der Waals surface area contributed by atoms with Crippen LogP contribution in [0.15, 0.2) is 11.7 Å². The third kappa shape index (κ3) is 1.17. The third-order valence-electron chi connectivity index (χ3n) is 2.20. The van der Waals surface area contributed by atoms with E-state index in [1.807, 2.05) is 18.0 Å². The van der Waals surface area contributed by atoms with Crippen LogP contribution in [0.25, 0.3) is 0 Å². The Bertz CT molecular complexity index is 128. The summed E-state index contributed by atoms with van der Waals surface area (Å²) in [6, 6.07) is 0. The molecule has 1 nitrogen and oxygen atoms in total. The summed E-state index contributed by atoms with van der Waals surface area (Å²) < 4.78 is 5.48. The van der Waals surface area contributed by atoms with Gasteiger partial charge >= 0.3 is 0 Å². The van der Waals surface area contributed by atoms with Crippen molar-refractivity contribution in [3.8, 4) is 0 Å². The maximum Gasteiger partial charge on any atom is 0.110 e. The van der Waals surface area contributed by atoms with E-state index in [4.69, 9.17) is 4.74 Å². The molecule has 0 aromatic carbocycles. The first-order chi connectivity index (χ1) is 4.97. The molecule has 0 amide bonds. The highest BCUT2D eigenvalue weighted by molar-refractivity contribution is 8.02. The van der Waals surface area contributed by atoms with Gasteiger partial charge in [-0.1, -0.05) is 6.42 Å². The van der Waals surface area contributed by atoms with E-state index in [1.54, 1.807) is 0 Å². The summed E-state index contributed by atoms with van der Waals surface area (Å²) in [5.41, 5.74) is 0. The zero-order valence-corrected chi connectivity index (χ0v) is 6.77. The van der Waals surface area contributed by atoms with Crippen LogP contribution < -0.4 is 0 Å². The second kappa shape index (κ2) is 2.87. The minimum absolute atomic E-state index is 0.531. The standard InChI is InChI=1S/C8H12OS/c1-2-4-8-7(3-1)9-5-6-10-8/h5-8H,1-4H2/t7?,8-/m0/s1. The summed E-state index contributed by atoms with van der Waals surface area (Å²) >= 11 is 1.94. The van der Waals surface area contributed by atoms with E-state index in [1.165, 1.54) is 25.7 Å². The Labute approximate surface area is 65.8 Å². The number of thioether (sulfide) groups is 1. The molecule has 2 atom stereocenters. The highest BCUT2D eigenvalue weighted by Gasteiger charge is 2.27. The molecule has 0 bridgehead atoms. The number of fused-ring (bicyclic) bond motifs is 1. The van der Waals surface area contributed by atoms with E-state index in [-0.39, 0.29) is 0 Å². The Balaban J connectivity index is 2.01. The summed E-state index contributed by atoms with van der Waals surface area (Å²) in [5.74, 6) is 0. The largest absolute Gasteiger partial charge is 0.496 e. The molecule has 0 saturated heterocycles. The molecule has 2 heteroatoms. The van der Waals surface area contributed by atoms with E-state index in [2.05, 4.69) is 5.41 Å². The smallest absolute Gasteiger partial charge is 0.110 e. The summed E-state index contributed by atoms with van der Waals surface area (Å²) in [5, 5.41) is 2.84. The van der Waals surface area contributed by atoms with Gasteiger partial charge in [0.2, 0.25) is 0 Å². The molecule has 1 aliphatic heterocycles. The van der Waals surface area contributed by atoms with Crippen molar-refractivity contribution in [3.63, 3.8) is 0 Å². The molecule has 2 aliphatic rings. The molecule has 0 radical (unpaired) electrons. The van der Waals surface area contributed by atoms with E-state index >= 15 is 0 Å². The van der Waals surface area contributed by atoms with Gasteiger partial charge in [-0.15, -0.1) is 11.8 Å². The molecule has 1 unspecified atom stereocenters. The Kier molecular flexibility index (Phi) is 1.89. The SMILES string of the molecule is C1=CS[C@H]2CCCCC2O1. The third-order valence-corrected chi connectivity index (χ3v) is 3.36. The predicted octanol–water partition coefficient (Wildman–Crippen LogP) is 2.53. The van der Waals surface area contributed by atoms with Crippen LogP contribution in [-0.2, 0) is 4.74 Å². The van der Waals surface area contributed by atoms with Crippen LogP contribution >= 0.6 is 11.8 Å². The van der Waals surface area contributed by atoms with E-state index in [0.717, 1.165) is 5.25 Å². The van der Waals surface area contributed by atoms with Crippen LogP contribution in [0.3, 0.4) is 0 Å². The zero-order valence-electron chi connectivity index (χ0n) is 5.95. The van der Waals surface area contributed by atoms with Gasteiger partial charge in [-0.25, -0.2) is 0 Å². The van der Waals surface area contributed by atoms with Gasteiger partial charge in [0.15, 0.2) is 0 Å². The first-order valence-electron chi connectivity index (χ1n) is 3.93. The summed E-state index contributed by atoms with van der Waals surface area (Å²) in [6.07, 6.45) is 7.74. The molecular formula is C8H12OS. The molecule has 0 spiro atoms. The Hall–Kier alpha value is -0.110. The van der Waals surface area contributed by atoms with Crippen molar-refractivity contribution in [1.82, 2.24) is 0 Å². The molecule has 10 heavy (non-hydrogen) atoms. The lowest BCUT2D eigenvalue weighted by Gasteiger charge is -2.31. The van der Waals surface area contributed by atoms with Gasteiger partial charge in [0.25, 0.3) is 0 Å². The van der Waals surface area contributed by atoms with Crippen LogP contribution in [0.2, 0.25) is 0 Å². The van der Waals surface area contributed by atoms with E-state index in [0.29, 0.717) is 6.10 Å². The maximum absolute atomic E-state index is 5.48. The fraction of sp³-hybridized carbons (Fsp3) is 0.750. The highest BCUT2D eigenvalue weighted by atomic mass is 32.2. The van der Waals surface area contributed by atoms with Gasteiger partial charge in [-0.3, -0.25) is 0 Å². The van der Waals surface area contributed by atoms with Crippen molar-refractivity contribution in [2.24, 2.45) is 0 Å². The molecular weight excluding hydrogens is 144 g/mol. The first kappa shape index (κ1) is 6.59. The molecule has 0 N–H and O–H groups in total. The van der Waals surface area contributed by atoms with Crippen LogP contribution in [0.1, 0.15) is 25.7 Å². The van der Waals surface area contributed by atoms with Crippen molar-refractivity contribution >= 4 is 11.8 Å². The van der Waals surface area contributed by atoms with Gasteiger partial charge in [0.05, 0.1) is 6.26 Å². The molecule has 1 fully saturated rings. The fourth-order valence-corrected chi connectivity index (χ4v) is 2.65. The van der Waals surface area contributed by atoms with E-state index in [9.17, 15) is 0 Å². The van der Waals surface area contributed by atoms with Crippen LogP contribution in [0, 0.1) is 0 Å². The second-order valence-electron chi connectivity index (χ2n) is 2.91. The van der Waals surface area contributed by atoms with Crippen molar-refractivity contribution in [1.29, 1.82) is 0 Å². The number of ether oxygens (including phenoxy) is 1. The lowest BCUT2D eigenvalue weighted by atomic mass is 9.97. The van der Waals surface area contributed by atoms with Crippen molar-refractivity contribution in [2.75, 3.05) is 0 Å². The van der Waals surface area contributed by atoms with Crippen molar-refractivity contribution < 1.29 is 4.74 Å². The summed E-state index contributed by atoms with van der Waals surface area (Å²) in [6.45, 7) is 0. The lowest BCUT2D eigenvalue weighted by molar-refractivity contribution is 0.109. The van der Waals surface area contributed by atoms with Gasteiger partial charge in [-0.05, 0) is 19.3 Å². The Morgan fingerprint density at radius 1 is 1.30 bits per heavy atom. The molecule has 1 aliphatic carbocycles. The maximum atomic E-state index is 5.48.